The fraction of sp³-hybridized carbons (Fsp3) is 0.769. The highest BCUT2D eigenvalue weighted by Crippen LogP contribution is 2.20. The maximum absolute atomic E-state index is 11.8. The molecule has 1 aliphatic heterocycles. The summed E-state index contributed by atoms with van der Waals surface area (Å²) in [6, 6.07) is -0.134. The molecule has 106 valence electrons. The van der Waals surface area contributed by atoms with E-state index < -0.39 is 0 Å². The van der Waals surface area contributed by atoms with Gasteiger partial charge >= 0.3 is 5.97 Å². The minimum atomic E-state index is -0.138. The van der Waals surface area contributed by atoms with Crippen LogP contribution in [0.2, 0.25) is 0 Å². The second-order valence-electron chi connectivity index (χ2n) is 4.90. The summed E-state index contributed by atoms with van der Waals surface area (Å²) in [5.74, 6) is 0.791. The summed E-state index contributed by atoms with van der Waals surface area (Å²) in [5, 5.41) is 4.22. The molecule has 0 saturated carbocycles. The van der Waals surface area contributed by atoms with Crippen LogP contribution in [0.1, 0.15) is 38.4 Å². The van der Waals surface area contributed by atoms with Crippen LogP contribution in [0.25, 0.3) is 0 Å². The molecule has 0 radical (unpaired) electrons. The normalized spacial score (nSPS) is 20.4. The van der Waals surface area contributed by atoms with Gasteiger partial charge in [0.05, 0.1) is 13.7 Å². The number of esters is 1. The Bertz CT molecular complexity index is 419. The Morgan fingerprint density at radius 2 is 2.37 bits per heavy atom. The highest BCUT2D eigenvalue weighted by atomic mass is 16.5. The van der Waals surface area contributed by atoms with Crippen molar-refractivity contribution >= 4 is 5.97 Å². The van der Waals surface area contributed by atoms with Gasteiger partial charge in [-0.05, 0) is 25.8 Å². The van der Waals surface area contributed by atoms with Crippen LogP contribution in [0.15, 0.2) is 6.33 Å². The van der Waals surface area contributed by atoms with E-state index in [9.17, 15) is 4.79 Å². The van der Waals surface area contributed by atoms with E-state index >= 15 is 0 Å². The molecule has 2 heterocycles. The van der Waals surface area contributed by atoms with Crippen LogP contribution in [-0.4, -0.2) is 45.3 Å². The molecule has 1 fully saturated rings. The number of methoxy groups -OCH3 is 1. The lowest BCUT2D eigenvalue weighted by molar-refractivity contribution is -0.148. The van der Waals surface area contributed by atoms with Crippen molar-refractivity contribution in [1.29, 1.82) is 0 Å². The van der Waals surface area contributed by atoms with Crippen molar-refractivity contribution in [1.82, 2.24) is 19.7 Å². The first kappa shape index (κ1) is 14.0. The Balaban J connectivity index is 2.06. The minimum absolute atomic E-state index is 0.134. The molecule has 6 heteroatoms. The molecule has 0 N–H and O–H groups in total. The highest BCUT2D eigenvalue weighted by Gasteiger charge is 2.30. The van der Waals surface area contributed by atoms with E-state index in [0.29, 0.717) is 6.54 Å². The van der Waals surface area contributed by atoms with Crippen LogP contribution in [0.4, 0.5) is 0 Å². The highest BCUT2D eigenvalue weighted by molar-refractivity contribution is 5.75. The summed E-state index contributed by atoms with van der Waals surface area (Å²) in [5.41, 5.74) is 0. The number of rotatable bonds is 5. The fourth-order valence-corrected chi connectivity index (χ4v) is 2.57. The van der Waals surface area contributed by atoms with E-state index in [1.807, 2.05) is 4.68 Å². The van der Waals surface area contributed by atoms with Gasteiger partial charge in [-0.1, -0.05) is 13.3 Å². The maximum Gasteiger partial charge on any atom is 0.323 e. The average molecular weight is 266 g/mol. The number of ether oxygens (including phenoxy) is 1. The summed E-state index contributed by atoms with van der Waals surface area (Å²) in [6.45, 7) is 4.56. The number of likely N-dealkylation sites (tertiary alicyclic amines) is 1. The molecule has 1 aromatic rings. The summed E-state index contributed by atoms with van der Waals surface area (Å²) in [6.07, 6.45) is 5.68. The van der Waals surface area contributed by atoms with Gasteiger partial charge in [0.1, 0.15) is 18.2 Å². The molecule has 1 atom stereocenters. The molecule has 0 aliphatic carbocycles. The van der Waals surface area contributed by atoms with Gasteiger partial charge in [-0.15, -0.1) is 0 Å². The Kier molecular flexibility index (Phi) is 4.90. The second kappa shape index (κ2) is 6.65. The smallest absolute Gasteiger partial charge is 0.323 e. The van der Waals surface area contributed by atoms with Crippen LogP contribution < -0.4 is 0 Å². The molecule has 6 nitrogen and oxygen atoms in total. The van der Waals surface area contributed by atoms with Crippen LogP contribution in [0.5, 0.6) is 0 Å². The zero-order chi connectivity index (χ0) is 13.7. The molecule has 2 rings (SSSR count). The number of hydrogen-bond acceptors (Lipinski definition) is 5. The molecular weight excluding hydrogens is 244 g/mol. The van der Waals surface area contributed by atoms with Crippen molar-refractivity contribution in [2.45, 2.75) is 51.7 Å². The van der Waals surface area contributed by atoms with Crippen molar-refractivity contribution < 1.29 is 9.53 Å². The zero-order valence-electron chi connectivity index (χ0n) is 11.7. The van der Waals surface area contributed by atoms with Gasteiger partial charge in [0, 0.05) is 6.54 Å². The summed E-state index contributed by atoms with van der Waals surface area (Å²) >= 11 is 0. The van der Waals surface area contributed by atoms with E-state index in [2.05, 4.69) is 21.9 Å². The Hall–Kier alpha value is -1.43. The van der Waals surface area contributed by atoms with E-state index in [-0.39, 0.29) is 12.0 Å². The molecule has 0 bridgehead atoms. The third kappa shape index (κ3) is 3.32. The molecule has 1 saturated heterocycles. The SMILES string of the molecule is CCCn1ncnc1CN1CCCC[C@@H]1C(=O)OC. The quantitative estimate of drug-likeness (QED) is 0.750. The van der Waals surface area contributed by atoms with E-state index in [4.69, 9.17) is 4.74 Å². The first-order chi connectivity index (χ1) is 9.26. The lowest BCUT2D eigenvalue weighted by atomic mass is 10.0. The van der Waals surface area contributed by atoms with Crippen LogP contribution in [-0.2, 0) is 22.6 Å². The van der Waals surface area contributed by atoms with E-state index in [0.717, 1.165) is 44.6 Å². The number of aromatic nitrogens is 3. The average Bonchev–Trinajstić information content (AvgIpc) is 2.86. The second-order valence-corrected chi connectivity index (χ2v) is 4.90. The fourth-order valence-electron chi connectivity index (χ4n) is 2.57. The van der Waals surface area contributed by atoms with E-state index in [1.54, 1.807) is 6.33 Å². The molecule has 1 aromatic heterocycles. The largest absolute Gasteiger partial charge is 0.468 e. The standard InChI is InChI=1S/C13H22N4O2/c1-3-7-17-12(14-10-15-17)9-16-8-5-4-6-11(16)13(18)19-2/h10-11H,3-9H2,1-2H3/t11-/m1/s1. The number of piperidine rings is 1. The summed E-state index contributed by atoms with van der Waals surface area (Å²) in [4.78, 5) is 18.3. The first-order valence-corrected chi connectivity index (χ1v) is 6.94. The van der Waals surface area contributed by atoms with Crippen molar-refractivity contribution in [3.05, 3.63) is 12.2 Å². The third-order valence-corrected chi connectivity index (χ3v) is 3.56. The summed E-state index contributed by atoms with van der Waals surface area (Å²) < 4.78 is 6.81. The predicted octanol–water partition coefficient (Wildman–Crippen LogP) is 1.22. The van der Waals surface area contributed by atoms with Gasteiger partial charge in [-0.25, -0.2) is 9.67 Å². The third-order valence-electron chi connectivity index (χ3n) is 3.56. The zero-order valence-corrected chi connectivity index (χ0v) is 11.7. The topological polar surface area (TPSA) is 60.2 Å². The number of hydrogen-bond donors (Lipinski definition) is 0. The monoisotopic (exact) mass is 266 g/mol. The van der Waals surface area contributed by atoms with Crippen LogP contribution in [0, 0.1) is 0 Å². The lowest BCUT2D eigenvalue weighted by Crippen LogP contribution is -2.45. The molecule has 1 aliphatic rings. The molecule has 0 spiro atoms. The molecule has 0 amide bonds. The van der Waals surface area contributed by atoms with Crippen LogP contribution >= 0.6 is 0 Å². The van der Waals surface area contributed by atoms with Crippen LogP contribution in [0.3, 0.4) is 0 Å². The van der Waals surface area contributed by atoms with E-state index in [1.165, 1.54) is 7.11 Å². The number of nitrogens with zero attached hydrogens (tertiary/aromatic N) is 4. The molecule has 19 heavy (non-hydrogen) atoms. The maximum atomic E-state index is 11.8. The lowest BCUT2D eigenvalue weighted by Gasteiger charge is -2.33. The van der Waals surface area contributed by atoms with Gasteiger partial charge in [-0.2, -0.15) is 5.10 Å². The molecule has 0 aromatic carbocycles. The van der Waals surface area contributed by atoms with Crippen molar-refractivity contribution in [3.63, 3.8) is 0 Å². The van der Waals surface area contributed by atoms with Crippen molar-refractivity contribution in [2.24, 2.45) is 0 Å². The van der Waals surface area contributed by atoms with Gasteiger partial charge in [-0.3, -0.25) is 9.69 Å². The van der Waals surface area contributed by atoms with Gasteiger partial charge in [0.2, 0.25) is 0 Å². The molecular formula is C13H22N4O2. The first-order valence-electron chi connectivity index (χ1n) is 6.94. The van der Waals surface area contributed by atoms with Crippen molar-refractivity contribution in [3.8, 4) is 0 Å². The minimum Gasteiger partial charge on any atom is -0.468 e. The molecule has 0 unspecified atom stereocenters. The van der Waals surface area contributed by atoms with Gasteiger partial charge in [0.15, 0.2) is 0 Å². The van der Waals surface area contributed by atoms with Crippen molar-refractivity contribution in [2.75, 3.05) is 13.7 Å². The van der Waals surface area contributed by atoms with Gasteiger partial charge < -0.3 is 4.74 Å². The summed E-state index contributed by atoms with van der Waals surface area (Å²) in [7, 11) is 1.45. The number of aryl methyl sites for hydroxylation is 1. The number of carbonyl (C=O) groups excluding carboxylic acids is 1. The Morgan fingerprint density at radius 1 is 1.53 bits per heavy atom. The Labute approximate surface area is 113 Å². The number of carbonyl (C=O) groups is 1. The predicted molar refractivity (Wildman–Crippen MR) is 70.4 cm³/mol. The van der Waals surface area contributed by atoms with Gasteiger partial charge in [0.25, 0.3) is 0 Å². The Morgan fingerprint density at radius 3 is 3.11 bits per heavy atom.